The van der Waals surface area contributed by atoms with Gasteiger partial charge in [-0.1, -0.05) is 0 Å². The maximum Gasteiger partial charge on any atom is 0.257 e. The Labute approximate surface area is 126 Å². The Morgan fingerprint density at radius 3 is 3.10 bits per heavy atom. The van der Waals surface area contributed by atoms with Crippen LogP contribution in [0, 0.1) is 0 Å². The van der Waals surface area contributed by atoms with Crippen LogP contribution >= 0.6 is 15.9 Å². The molecule has 0 unspecified atom stereocenters. The van der Waals surface area contributed by atoms with Crippen molar-refractivity contribution in [3.05, 3.63) is 22.3 Å². The predicted octanol–water partition coefficient (Wildman–Crippen LogP) is 1.24. The lowest BCUT2D eigenvalue weighted by molar-refractivity contribution is -0.120. The first-order valence-electron chi connectivity index (χ1n) is 6.57. The van der Waals surface area contributed by atoms with Crippen molar-refractivity contribution in [2.24, 2.45) is 0 Å². The third-order valence-electron chi connectivity index (χ3n) is 3.03. The van der Waals surface area contributed by atoms with Crippen molar-refractivity contribution in [1.82, 2.24) is 15.2 Å². The zero-order chi connectivity index (χ0) is 14.5. The van der Waals surface area contributed by atoms with Gasteiger partial charge in [0.2, 0.25) is 5.91 Å². The standard InChI is InChI=1S/C13H17BrN4O2/c1-2-15-12-10(7-9(14)8-17-12)13(20)18-5-3-11(19)16-4-6-18/h7-8H,2-6H2,1H3,(H,15,17)(H,16,19). The zero-order valence-electron chi connectivity index (χ0n) is 11.3. The fourth-order valence-corrected chi connectivity index (χ4v) is 2.38. The Hall–Kier alpha value is -1.63. The smallest absolute Gasteiger partial charge is 0.257 e. The van der Waals surface area contributed by atoms with E-state index in [9.17, 15) is 9.59 Å². The zero-order valence-corrected chi connectivity index (χ0v) is 12.9. The molecule has 108 valence electrons. The highest BCUT2D eigenvalue weighted by Crippen LogP contribution is 2.20. The van der Waals surface area contributed by atoms with Crippen molar-refractivity contribution < 1.29 is 9.59 Å². The van der Waals surface area contributed by atoms with Crippen molar-refractivity contribution >= 4 is 33.6 Å². The molecular formula is C13H17BrN4O2. The number of hydrogen-bond acceptors (Lipinski definition) is 4. The lowest BCUT2D eigenvalue weighted by atomic mass is 10.2. The summed E-state index contributed by atoms with van der Waals surface area (Å²) in [5, 5.41) is 5.84. The number of halogens is 1. The van der Waals surface area contributed by atoms with Crippen molar-refractivity contribution in [2.75, 3.05) is 31.5 Å². The van der Waals surface area contributed by atoms with Crippen LogP contribution in [-0.4, -0.2) is 47.9 Å². The Morgan fingerprint density at radius 2 is 2.35 bits per heavy atom. The molecular weight excluding hydrogens is 324 g/mol. The van der Waals surface area contributed by atoms with Gasteiger partial charge in [-0.15, -0.1) is 0 Å². The van der Waals surface area contributed by atoms with Gasteiger partial charge in [-0.3, -0.25) is 9.59 Å². The van der Waals surface area contributed by atoms with Gasteiger partial charge in [0.15, 0.2) is 0 Å². The summed E-state index contributed by atoms with van der Waals surface area (Å²) in [6, 6.07) is 1.76. The van der Waals surface area contributed by atoms with Crippen LogP contribution in [0.25, 0.3) is 0 Å². The van der Waals surface area contributed by atoms with E-state index in [4.69, 9.17) is 0 Å². The number of pyridine rings is 1. The van der Waals surface area contributed by atoms with E-state index in [0.717, 1.165) is 4.47 Å². The minimum Gasteiger partial charge on any atom is -0.370 e. The van der Waals surface area contributed by atoms with Crippen LogP contribution in [-0.2, 0) is 4.79 Å². The average molecular weight is 341 g/mol. The molecule has 1 saturated heterocycles. The van der Waals surface area contributed by atoms with Gasteiger partial charge in [-0.2, -0.15) is 0 Å². The van der Waals surface area contributed by atoms with Crippen molar-refractivity contribution in [3.8, 4) is 0 Å². The normalized spacial score (nSPS) is 15.5. The second-order valence-corrected chi connectivity index (χ2v) is 5.39. The van der Waals surface area contributed by atoms with E-state index < -0.39 is 0 Å². The van der Waals surface area contributed by atoms with E-state index in [0.29, 0.717) is 44.0 Å². The summed E-state index contributed by atoms with van der Waals surface area (Å²) in [6.45, 7) is 4.08. The van der Waals surface area contributed by atoms with Crippen molar-refractivity contribution in [1.29, 1.82) is 0 Å². The summed E-state index contributed by atoms with van der Waals surface area (Å²) in [6.07, 6.45) is 1.99. The van der Waals surface area contributed by atoms with Gasteiger partial charge in [0, 0.05) is 43.3 Å². The van der Waals surface area contributed by atoms with E-state index in [1.807, 2.05) is 6.92 Å². The van der Waals surface area contributed by atoms with E-state index in [1.165, 1.54) is 0 Å². The molecule has 0 aromatic carbocycles. The van der Waals surface area contributed by atoms with E-state index >= 15 is 0 Å². The maximum absolute atomic E-state index is 12.6. The minimum absolute atomic E-state index is 0.0143. The number of anilines is 1. The van der Waals surface area contributed by atoms with E-state index in [2.05, 4.69) is 31.5 Å². The third-order valence-corrected chi connectivity index (χ3v) is 3.46. The summed E-state index contributed by atoms with van der Waals surface area (Å²) in [4.78, 5) is 29.8. The van der Waals surface area contributed by atoms with Gasteiger partial charge in [-0.05, 0) is 28.9 Å². The van der Waals surface area contributed by atoms with Gasteiger partial charge in [0.25, 0.3) is 5.91 Å². The molecule has 1 aliphatic rings. The van der Waals surface area contributed by atoms with Crippen LogP contribution in [0.15, 0.2) is 16.7 Å². The summed E-state index contributed by atoms with van der Waals surface area (Å²) in [5.74, 6) is 0.454. The van der Waals surface area contributed by atoms with Crippen LogP contribution in [0.4, 0.5) is 5.82 Å². The van der Waals surface area contributed by atoms with Gasteiger partial charge in [-0.25, -0.2) is 4.98 Å². The second-order valence-electron chi connectivity index (χ2n) is 4.47. The first kappa shape index (κ1) is 14.8. The summed E-state index contributed by atoms with van der Waals surface area (Å²) in [5.41, 5.74) is 0.524. The summed E-state index contributed by atoms with van der Waals surface area (Å²) < 4.78 is 0.756. The van der Waals surface area contributed by atoms with Crippen molar-refractivity contribution in [2.45, 2.75) is 13.3 Å². The molecule has 0 aliphatic carbocycles. The van der Waals surface area contributed by atoms with E-state index in [1.54, 1.807) is 17.2 Å². The second kappa shape index (κ2) is 6.69. The van der Waals surface area contributed by atoms with E-state index in [-0.39, 0.29) is 11.8 Å². The highest BCUT2D eigenvalue weighted by Gasteiger charge is 2.22. The van der Waals surface area contributed by atoms with Gasteiger partial charge >= 0.3 is 0 Å². The Balaban J connectivity index is 2.23. The number of rotatable bonds is 3. The predicted molar refractivity (Wildman–Crippen MR) is 79.6 cm³/mol. The number of amides is 2. The van der Waals surface area contributed by atoms with Crippen LogP contribution in [0.5, 0.6) is 0 Å². The molecule has 2 N–H and O–H groups in total. The van der Waals surface area contributed by atoms with Gasteiger partial charge in [0.05, 0.1) is 5.56 Å². The molecule has 2 heterocycles. The average Bonchev–Trinajstić information content (AvgIpc) is 2.65. The molecule has 0 radical (unpaired) electrons. The Kier molecular flexibility index (Phi) is 4.94. The van der Waals surface area contributed by atoms with Crippen LogP contribution < -0.4 is 10.6 Å². The number of nitrogens with one attached hydrogen (secondary N) is 2. The van der Waals surface area contributed by atoms with Crippen LogP contribution in [0.2, 0.25) is 0 Å². The van der Waals surface area contributed by atoms with Gasteiger partial charge < -0.3 is 15.5 Å². The highest BCUT2D eigenvalue weighted by atomic mass is 79.9. The molecule has 0 saturated carbocycles. The fraction of sp³-hybridized carbons (Fsp3) is 0.462. The monoisotopic (exact) mass is 340 g/mol. The number of carbonyl (C=O) groups is 2. The SMILES string of the molecule is CCNc1ncc(Br)cc1C(=O)N1CCNC(=O)CC1. The largest absolute Gasteiger partial charge is 0.370 e. The molecule has 2 amide bonds. The highest BCUT2D eigenvalue weighted by molar-refractivity contribution is 9.10. The third kappa shape index (κ3) is 3.47. The van der Waals surface area contributed by atoms with Gasteiger partial charge in [0.1, 0.15) is 5.82 Å². The molecule has 0 atom stereocenters. The minimum atomic E-state index is -0.105. The summed E-state index contributed by atoms with van der Waals surface area (Å²) >= 11 is 3.34. The number of carbonyl (C=O) groups excluding carboxylic acids is 2. The quantitative estimate of drug-likeness (QED) is 0.868. The lowest BCUT2D eigenvalue weighted by Gasteiger charge is -2.21. The first-order valence-corrected chi connectivity index (χ1v) is 7.36. The molecule has 6 nitrogen and oxygen atoms in total. The molecule has 1 aromatic rings. The molecule has 7 heteroatoms. The van der Waals surface area contributed by atoms with Crippen molar-refractivity contribution in [3.63, 3.8) is 0 Å². The number of aromatic nitrogens is 1. The topological polar surface area (TPSA) is 74.3 Å². The Morgan fingerprint density at radius 1 is 1.55 bits per heavy atom. The molecule has 2 rings (SSSR count). The number of nitrogens with zero attached hydrogens (tertiary/aromatic N) is 2. The molecule has 1 aromatic heterocycles. The van der Waals surface area contributed by atoms with Crippen LogP contribution in [0.1, 0.15) is 23.7 Å². The molecule has 20 heavy (non-hydrogen) atoms. The fourth-order valence-electron chi connectivity index (χ4n) is 2.05. The lowest BCUT2D eigenvalue weighted by Crippen LogP contribution is -2.34. The molecule has 0 bridgehead atoms. The summed E-state index contributed by atoms with van der Waals surface area (Å²) in [7, 11) is 0. The maximum atomic E-state index is 12.6. The first-order chi connectivity index (χ1) is 9.61. The van der Waals surface area contributed by atoms with Crippen LogP contribution in [0.3, 0.4) is 0 Å². The molecule has 1 aliphatic heterocycles. The Bertz CT molecular complexity index is 521. The molecule has 0 spiro atoms. The molecule has 1 fully saturated rings. The number of hydrogen-bond donors (Lipinski definition) is 2.